The molecular weight excluding hydrogens is 993 g/mol. The summed E-state index contributed by atoms with van der Waals surface area (Å²) in [6, 6.07) is 24.1. The fourth-order valence-corrected chi connectivity index (χ4v) is 7.87. The van der Waals surface area contributed by atoms with E-state index in [4.69, 9.17) is 37.9 Å². The largest absolute Gasteiger partial charge is 0.492 e. The predicted molar refractivity (Wildman–Crippen MR) is 329 cm³/mol. The van der Waals surface area contributed by atoms with Gasteiger partial charge >= 0.3 is 0 Å². The third kappa shape index (κ3) is 21.4. The molecule has 0 N–H and O–H groups in total. The number of unbranched alkanes of at least 4 members (excludes halogenated alkanes) is 8. The molecule has 5 rings (SSSR count). The lowest BCUT2D eigenvalue weighted by atomic mass is 10.0. The van der Waals surface area contributed by atoms with Gasteiger partial charge in [-0.1, -0.05) is 166 Å². The molecule has 5 aromatic rings. The molecule has 0 bridgehead atoms. The molecule has 0 spiro atoms. The van der Waals surface area contributed by atoms with Crippen molar-refractivity contribution in [3.63, 3.8) is 0 Å². The third-order valence-electron chi connectivity index (χ3n) is 12.9. The Kier molecular flexibility index (Phi) is 29.3. The number of hydrogen-bond donors (Lipinski definition) is 0. The van der Waals surface area contributed by atoms with Crippen molar-refractivity contribution in [1.82, 2.24) is 0 Å². The van der Waals surface area contributed by atoms with Gasteiger partial charge in [-0.05, 0) is 101 Å². The lowest BCUT2D eigenvalue weighted by molar-refractivity contribution is 0.299. The lowest BCUT2D eigenvalue weighted by Crippen LogP contribution is -2.04. The minimum absolute atomic E-state index is 0.514. The first kappa shape index (κ1) is 63.6. The fraction of sp³-hybridized carbons (Fsp3) is 0.472. The maximum Gasteiger partial charge on any atom is 0.136 e. The molecule has 0 aromatic heterocycles. The Balaban J connectivity index is 1.68. The van der Waals surface area contributed by atoms with E-state index in [0.29, 0.717) is 110 Å². The Labute approximate surface area is 482 Å². The van der Waals surface area contributed by atoms with E-state index in [2.05, 4.69) is 141 Å². The van der Waals surface area contributed by atoms with Crippen LogP contribution in [-0.2, 0) is 0 Å². The summed E-state index contributed by atoms with van der Waals surface area (Å²) in [6.07, 6.45) is 15.3. The molecule has 0 saturated carbocycles. The second-order valence-corrected chi connectivity index (χ2v) is 20.1. The fourth-order valence-electron chi connectivity index (χ4n) is 7.87. The topological polar surface area (TPSA) is 73.8 Å². The van der Waals surface area contributed by atoms with Gasteiger partial charge in [-0.3, -0.25) is 0 Å². The van der Waals surface area contributed by atoms with Crippen LogP contribution in [0.5, 0.6) is 46.0 Å². The van der Waals surface area contributed by atoms with Gasteiger partial charge in [-0.2, -0.15) is 0 Å². The second kappa shape index (κ2) is 36.8. The summed E-state index contributed by atoms with van der Waals surface area (Å²) in [4.78, 5) is 0. The predicted octanol–water partition coefficient (Wildman–Crippen LogP) is 17.3. The van der Waals surface area contributed by atoms with E-state index in [0.717, 1.165) is 148 Å². The average Bonchev–Trinajstić information content (AvgIpc) is 3.45. The zero-order valence-electron chi connectivity index (χ0n) is 50.2. The number of hydrogen-bond acceptors (Lipinski definition) is 8. The first-order valence-electron chi connectivity index (χ1n) is 30.0. The van der Waals surface area contributed by atoms with E-state index in [1.807, 2.05) is 48.5 Å². The quantitative estimate of drug-likeness (QED) is 0.0312. The second-order valence-electron chi connectivity index (χ2n) is 20.1. The number of benzene rings is 5. The highest BCUT2D eigenvalue weighted by molar-refractivity contribution is 5.66. The summed E-state index contributed by atoms with van der Waals surface area (Å²) < 4.78 is 51.6. The monoisotopic (exact) mass is 1080 g/mol. The summed E-state index contributed by atoms with van der Waals surface area (Å²) in [5.74, 6) is 33.1. The minimum Gasteiger partial charge on any atom is -0.492 e. The van der Waals surface area contributed by atoms with Crippen molar-refractivity contribution >= 4 is 0 Å². The highest BCUT2D eigenvalue weighted by Crippen LogP contribution is 2.34. The van der Waals surface area contributed by atoms with Gasteiger partial charge in [-0.15, -0.1) is 0 Å². The van der Waals surface area contributed by atoms with Crippen LogP contribution in [0.3, 0.4) is 0 Å². The van der Waals surface area contributed by atoms with Crippen molar-refractivity contribution in [3.8, 4) is 93.4 Å². The van der Waals surface area contributed by atoms with Crippen LogP contribution >= 0.6 is 0 Å². The van der Waals surface area contributed by atoms with Gasteiger partial charge in [0.25, 0.3) is 0 Å². The van der Waals surface area contributed by atoms with Gasteiger partial charge in [0.05, 0.1) is 97.4 Å². The highest BCUT2D eigenvalue weighted by Gasteiger charge is 2.16. The molecule has 0 aliphatic carbocycles. The lowest BCUT2D eigenvalue weighted by Gasteiger charge is -2.15. The molecule has 0 radical (unpaired) electrons. The summed E-state index contributed by atoms with van der Waals surface area (Å²) in [7, 11) is 0. The minimum atomic E-state index is 0.514. The van der Waals surface area contributed by atoms with Gasteiger partial charge in [0, 0.05) is 36.4 Å². The molecular formula is C72H90O8. The van der Waals surface area contributed by atoms with Crippen molar-refractivity contribution in [2.75, 3.05) is 52.9 Å². The third-order valence-corrected chi connectivity index (χ3v) is 12.9. The van der Waals surface area contributed by atoms with Crippen molar-refractivity contribution < 1.29 is 37.9 Å². The van der Waals surface area contributed by atoms with Crippen molar-refractivity contribution in [1.29, 1.82) is 0 Å². The number of rotatable bonds is 32. The molecule has 0 saturated heterocycles. The Morgan fingerprint density at radius 3 is 0.562 bits per heavy atom. The summed E-state index contributed by atoms with van der Waals surface area (Å²) in [6.45, 7) is 25.8. The van der Waals surface area contributed by atoms with Crippen molar-refractivity contribution in [2.45, 2.75) is 172 Å². The molecule has 8 heteroatoms. The molecule has 80 heavy (non-hydrogen) atoms. The highest BCUT2D eigenvalue weighted by atomic mass is 16.5. The van der Waals surface area contributed by atoms with E-state index in [-0.39, 0.29) is 0 Å². The molecule has 426 valence electrons. The van der Waals surface area contributed by atoms with Gasteiger partial charge in [0.2, 0.25) is 0 Å². The Hall–Kier alpha value is -7.26. The van der Waals surface area contributed by atoms with Crippen LogP contribution in [0.1, 0.15) is 214 Å². The molecule has 5 aromatic carbocycles. The maximum absolute atomic E-state index is 6.59. The van der Waals surface area contributed by atoms with E-state index in [1.165, 1.54) is 0 Å². The van der Waals surface area contributed by atoms with Crippen LogP contribution in [0.25, 0.3) is 0 Å². The van der Waals surface area contributed by atoms with Crippen LogP contribution in [0.15, 0.2) is 72.8 Å². The smallest absolute Gasteiger partial charge is 0.136 e. The molecule has 8 nitrogen and oxygen atoms in total. The van der Waals surface area contributed by atoms with Gasteiger partial charge in [0.15, 0.2) is 0 Å². The molecule has 0 amide bonds. The summed E-state index contributed by atoms with van der Waals surface area (Å²) in [5.41, 5.74) is 8.07. The van der Waals surface area contributed by atoms with Crippen molar-refractivity contribution in [2.24, 2.45) is 0 Å². The van der Waals surface area contributed by atoms with Gasteiger partial charge < -0.3 is 37.9 Å². The zero-order chi connectivity index (χ0) is 57.2. The maximum atomic E-state index is 6.59. The van der Waals surface area contributed by atoms with Crippen molar-refractivity contribution in [3.05, 3.63) is 128 Å². The normalized spacial score (nSPS) is 10.4. The van der Waals surface area contributed by atoms with Gasteiger partial charge in [-0.25, -0.2) is 0 Å². The van der Waals surface area contributed by atoms with Gasteiger partial charge in [0.1, 0.15) is 46.0 Å². The molecule has 0 fully saturated rings. The van der Waals surface area contributed by atoms with Crippen LogP contribution < -0.4 is 37.9 Å². The molecule has 0 atom stereocenters. The number of ether oxygens (including phenoxy) is 8. The first-order valence-corrected chi connectivity index (χ1v) is 30.0. The zero-order valence-corrected chi connectivity index (χ0v) is 50.2. The van der Waals surface area contributed by atoms with Crippen LogP contribution in [0, 0.1) is 61.2 Å². The van der Waals surface area contributed by atoms with Crippen LogP contribution in [-0.4, -0.2) is 52.9 Å². The van der Waals surface area contributed by atoms with E-state index in [9.17, 15) is 0 Å². The standard InChI is InChI=1S/C72H90O8/c1-11-19-39-73-65-37-27-55(9)47-57(65)29-31-59-49-69(77-43-23-15-5)61(51-67(59)75-41-21-13-3)33-35-63-53-72(80-46-26-18-8)64(54-71(63)79-45-25-17-7)36-34-62-52-68(76-42-22-14-4)60(50-70(62)78-44-24-16-6)32-30-58-48-56(10)28-38-66(58)74-40-20-12-2/h27-28,37-38,47-54H,11-26,39-46H2,1-10H3. The molecule has 0 aliphatic heterocycles. The Morgan fingerprint density at radius 1 is 0.225 bits per heavy atom. The van der Waals surface area contributed by atoms with Crippen LogP contribution in [0.4, 0.5) is 0 Å². The van der Waals surface area contributed by atoms with E-state index in [1.54, 1.807) is 0 Å². The SMILES string of the molecule is CCCCOc1ccc(C)cc1C#Cc1cc(OCCCC)c(C#Cc2cc(OCCCC)c(C#Cc3cc(OCCCC)c(C#Cc4cc(C)ccc4OCCCC)cc3OCCCC)cc2OCCCC)cc1OCCCC. The average molecular weight is 1080 g/mol. The number of aryl methyl sites for hydroxylation is 2. The molecule has 0 aliphatic rings. The van der Waals surface area contributed by atoms with E-state index >= 15 is 0 Å². The van der Waals surface area contributed by atoms with Crippen LogP contribution in [0.2, 0.25) is 0 Å². The Morgan fingerprint density at radius 2 is 0.388 bits per heavy atom. The first-order chi connectivity index (χ1) is 39.2. The summed E-state index contributed by atoms with van der Waals surface area (Å²) >= 11 is 0. The Bertz CT molecular complexity index is 2760. The van der Waals surface area contributed by atoms with E-state index < -0.39 is 0 Å². The molecule has 0 unspecified atom stereocenters. The summed E-state index contributed by atoms with van der Waals surface area (Å²) in [5, 5.41) is 0. The molecule has 0 heterocycles.